The number of rotatable bonds is 4. The summed E-state index contributed by atoms with van der Waals surface area (Å²) >= 11 is 6.16. The molecule has 0 aliphatic heterocycles. The highest BCUT2D eigenvalue weighted by Crippen LogP contribution is 2.26. The molecule has 0 fully saturated rings. The van der Waals surface area contributed by atoms with Crippen molar-refractivity contribution in [3.05, 3.63) is 29.3 Å². The average molecular weight is 244 g/mol. The average Bonchev–Trinajstić information content (AvgIpc) is 2.15. The highest BCUT2D eigenvalue weighted by atomic mass is 35.5. The lowest BCUT2D eigenvalue weighted by Crippen LogP contribution is -2.31. The zero-order valence-electron chi connectivity index (χ0n) is 9.79. The largest absolute Gasteiger partial charge is 0.276 e. The van der Waals surface area contributed by atoms with Gasteiger partial charge in [0.2, 0.25) is 0 Å². The molecule has 1 nitrogen and oxygen atoms in total. The Morgan fingerprint density at radius 1 is 1.07 bits per heavy atom. The minimum Gasteiger partial charge on any atom is -0.276 e. The molecule has 0 N–H and O–H groups in total. The molecule has 0 heterocycles. The van der Waals surface area contributed by atoms with Crippen LogP contribution >= 0.6 is 20.3 Å². The van der Waals surface area contributed by atoms with Gasteiger partial charge in [-0.25, -0.2) is 0 Å². The van der Waals surface area contributed by atoms with Gasteiger partial charge < -0.3 is 0 Å². The summed E-state index contributed by atoms with van der Waals surface area (Å²) in [6, 6.07) is 9.21. The lowest BCUT2D eigenvalue weighted by atomic mass is 10.3. The summed E-state index contributed by atoms with van der Waals surface area (Å²) in [6.45, 7) is 8.90. The Hall–Kier alpha value is -0.100. The van der Waals surface area contributed by atoms with Gasteiger partial charge in [0.15, 0.2) is 0 Å². The van der Waals surface area contributed by atoms with E-state index in [-0.39, 0.29) is 0 Å². The van der Waals surface area contributed by atoms with Crippen LogP contribution in [0.15, 0.2) is 24.3 Å². The molecule has 1 aromatic rings. The molecule has 84 valence electrons. The molecule has 0 aliphatic rings. The van der Waals surface area contributed by atoms with E-state index in [1.165, 1.54) is 5.30 Å². The van der Waals surface area contributed by atoms with Gasteiger partial charge >= 0.3 is 0 Å². The molecule has 0 saturated carbocycles. The van der Waals surface area contributed by atoms with Crippen LogP contribution in [0, 0.1) is 0 Å². The van der Waals surface area contributed by atoms with Crippen LogP contribution in [-0.2, 0) is 0 Å². The Morgan fingerprint density at radius 3 is 2.07 bits per heavy atom. The second-order valence-electron chi connectivity index (χ2n) is 4.19. The van der Waals surface area contributed by atoms with Crippen molar-refractivity contribution in [2.75, 3.05) is 0 Å². The summed E-state index contributed by atoms with van der Waals surface area (Å²) in [5, 5.41) is 2.11. The van der Waals surface area contributed by atoms with Crippen LogP contribution in [0.3, 0.4) is 0 Å². The monoisotopic (exact) mass is 243 g/mol. The van der Waals surface area contributed by atoms with Gasteiger partial charge in [0.1, 0.15) is 0 Å². The van der Waals surface area contributed by atoms with Crippen molar-refractivity contribution in [1.29, 1.82) is 0 Å². The van der Waals surface area contributed by atoms with Crippen molar-refractivity contribution in [2.24, 2.45) is 0 Å². The van der Waals surface area contributed by atoms with Gasteiger partial charge in [-0.05, 0) is 42.5 Å². The molecule has 1 aromatic carbocycles. The Kier molecular flexibility index (Phi) is 5.05. The zero-order chi connectivity index (χ0) is 11.4. The predicted molar refractivity (Wildman–Crippen MR) is 71.5 cm³/mol. The number of benzene rings is 1. The fraction of sp³-hybridized carbons (Fsp3) is 0.500. The van der Waals surface area contributed by atoms with Crippen LogP contribution in [0.4, 0.5) is 0 Å². The highest BCUT2D eigenvalue weighted by molar-refractivity contribution is 7.45. The van der Waals surface area contributed by atoms with Crippen molar-refractivity contribution in [3.8, 4) is 0 Å². The van der Waals surface area contributed by atoms with Crippen LogP contribution in [0.5, 0.6) is 0 Å². The summed E-state index contributed by atoms with van der Waals surface area (Å²) in [7, 11) is 0.656. The van der Waals surface area contributed by atoms with E-state index < -0.39 is 0 Å². The third-order valence-electron chi connectivity index (χ3n) is 2.24. The predicted octanol–water partition coefficient (Wildman–Crippen LogP) is 3.68. The lowest BCUT2D eigenvalue weighted by Gasteiger charge is -2.30. The van der Waals surface area contributed by atoms with Gasteiger partial charge in [-0.15, -0.1) is 0 Å². The van der Waals surface area contributed by atoms with Crippen molar-refractivity contribution >= 4 is 25.6 Å². The lowest BCUT2D eigenvalue weighted by molar-refractivity contribution is 0.331. The van der Waals surface area contributed by atoms with Crippen LogP contribution in [-0.4, -0.2) is 16.8 Å². The van der Waals surface area contributed by atoms with E-state index in [1.54, 1.807) is 0 Å². The second-order valence-corrected chi connectivity index (χ2v) is 5.87. The first-order valence-electron chi connectivity index (χ1n) is 5.32. The molecule has 0 amide bonds. The Balaban J connectivity index is 2.79. The fourth-order valence-corrected chi connectivity index (χ4v) is 2.96. The van der Waals surface area contributed by atoms with Gasteiger partial charge in [-0.3, -0.25) is 4.67 Å². The standard InChI is InChI=1S/C12H19ClNP/c1-9(2)14(10(3)4)15-12-8-6-5-7-11(12)13/h5-10,15H,1-4H3. The summed E-state index contributed by atoms with van der Waals surface area (Å²) in [5.74, 6) is 0. The summed E-state index contributed by atoms with van der Waals surface area (Å²) in [4.78, 5) is 0. The van der Waals surface area contributed by atoms with Crippen LogP contribution in [0.1, 0.15) is 27.7 Å². The minimum atomic E-state index is 0.555. The van der Waals surface area contributed by atoms with Crippen molar-refractivity contribution in [2.45, 2.75) is 39.8 Å². The maximum atomic E-state index is 6.16. The summed E-state index contributed by atoms with van der Waals surface area (Å²) < 4.78 is 2.46. The number of halogens is 1. The van der Waals surface area contributed by atoms with Crippen LogP contribution < -0.4 is 5.30 Å². The van der Waals surface area contributed by atoms with E-state index in [9.17, 15) is 0 Å². The second kappa shape index (κ2) is 5.84. The number of hydrogen-bond donors (Lipinski definition) is 0. The van der Waals surface area contributed by atoms with E-state index in [0.717, 1.165) is 5.02 Å². The van der Waals surface area contributed by atoms with Gasteiger partial charge in [-0.1, -0.05) is 29.8 Å². The summed E-state index contributed by atoms with van der Waals surface area (Å²) in [6.07, 6.45) is 0. The molecule has 0 spiro atoms. The molecule has 1 unspecified atom stereocenters. The van der Waals surface area contributed by atoms with E-state index in [1.807, 2.05) is 18.2 Å². The molecule has 1 atom stereocenters. The summed E-state index contributed by atoms with van der Waals surface area (Å²) in [5.41, 5.74) is 0. The van der Waals surface area contributed by atoms with E-state index in [0.29, 0.717) is 20.8 Å². The normalized spacial score (nSPS) is 12.5. The first kappa shape index (κ1) is 13.0. The quantitative estimate of drug-likeness (QED) is 0.730. The smallest absolute Gasteiger partial charge is 0.0493 e. The molecule has 0 bridgehead atoms. The molecule has 15 heavy (non-hydrogen) atoms. The Labute approximate surface area is 99.7 Å². The molecule has 0 saturated heterocycles. The van der Waals surface area contributed by atoms with Gasteiger partial charge in [0, 0.05) is 22.4 Å². The van der Waals surface area contributed by atoms with Crippen LogP contribution in [0.25, 0.3) is 0 Å². The van der Waals surface area contributed by atoms with E-state index in [2.05, 4.69) is 38.4 Å². The topological polar surface area (TPSA) is 3.24 Å². The minimum absolute atomic E-state index is 0.555. The molecule has 0 radical (unpaired) electrons. The molecule has 0 aliphatic carbocycles. The molecule has 1 rings (SSSR count). The third kappa shape index (κ3) is 3.75. The van der Waals surface area contributed by atoms with Gasteiger partial charge in [0.25, 0.3) is 0 Å². The third-order valence-corrected chi connectivity index (χ3v) is 4.69. The van der Waals surface area contributed by atoms with Gasteiger partial charge in [-0.2, -0.15) is 0 Å². The Bertz CT molecular complexity index is 304. The molecule has 3 heteroatoms. The zero-order valence-corrected chi connectivity index (χ0v) is 11.5. The van der Waals surface area contributed by atoms with Crippen LogP contribution in [0.2, 0.25) is 5.02 Å². The van der Waals surface area contributed by atoms with Crippen molar-refractivity contribution < 1.29 is 0 Å². The number of nitrogens with zero attached hydrogens (tertiary/aromatic N) is 1. The first-order chi connectivity index (χ1) is 7.02. The van der Waals surface area contributed by atoms with E-state index >= 15 is 0 Å². The van der Waals surface area contributed by atoms with Gasteiger partial charge in [0.05, 0.1) is 0 Å². The van der Waals surface area contributed by atoms with E-state index in [4.69, 9.17) is 11.6 Å². The molecule has 0 aromatic heterocycles. The van der Waals surface area contributed by atoms with Crippen molar-refractivity contribution in [3.63, 3.8) is 0 Å². The molecular weight excluding hydrogens is 225 g/mol. The maximum Gasteiger partial charge on any atom is 0.0493 e. The maximum absolute atomic E-state index is 6.16. The highest BCUT2D eigenvalue weighted by Gasteiger charge is 2.14. The first-order valence-corrected chi connectivity index (χ1v) is 6.64. The number of hydrogen-bond acceptors (Lipinski definition) is 1. The Morgan fingerprint density at radius 2 is 1.60 bits per heavy atom. The van der Waals surface area contributed by atoms with Crippen molar-refractivity contribution in [1.82, 2.24) is 4.67 Å². The fourth-order valence-electron chi connectivity index (χ4n) is 1.55. The molecular formula is C12H19ClNP. The SMILES string of the molecule is CC(C)N(Pc1ccccc1Cl)C(C)C.